The van der Waals surface area contributed by atoms with Crippen molar-refractivity contribution >= 4 is 0 Å². The lowest BCUT2D eigenvalue weighted by molar-refractivity contribution is -0.209. The molecule has 16 heavy (non-hydrogen) atoms. The van der Waals surface area contributed by atoms with E-state index in [4.69, 9.17) is 4.74 Å². The maximum absolute atomic E-state index is 12.4. The minimum Gasteiger partial charge on any atom is -0.493 e. The summed E-state index contributed by atoms with van der Waals surface area (Å²) in [6.07, 6.45) is -6.17. The number of hydrogen-bond acceptors (Lipinski definition) is 3. The first-order valence-electron chi connectivity index (χ1n) is 4.65. The second-order valence-electron chi connectivity index (χ2n) is 3.58. The molecule has 1 rings (SSSR count). The van der Waals surface area contributed by atoms with Gasteiger partial charge >= 0.3 is 6.18 Å². The van der Waals surface area contributed by atoms with Crippen LogP contribution in [-0.4, -0.2) is 28.2 Å². The first kappa shape index (κ1) is 12.8. The zero-order valence-electron chi connectivity index (χ0n) is 9.12. The van der Waals surface area contributed by atoms with Crippen LogP contribution in [0.5, 0.6) is 5.75 Å². The van der Waals surface area contributed by atoms with Crippen LogP contribution in [0.4, 0.5) is 13.2 Å². The standard InChI is InChI=1S/C9H13F3N2O2/c1-5(2)14-7(6(16-3)4-13-14)8(15)9(10,11)12/h4-5,8,15H,1-3H3. The summed E-state index contributed by atoms with van der Waals surface area (Å²) < 4.78 is 43.1. The molecule has 1 atom stereocenters. The number of halogens is 3. The van der Waals surface area contributed by atoms with E-state index in [9.17, 15) is 18.3 Å². The van der Waals surface area contributed by atoms with E-state index in [2.05, 4.69) is 5.10 Å². The Labute approximate surface area is 90.6 Å². The van der Waals surface area contributed by atoms with Crippen LogP contribution in [0.15, 0.2) is 6.20 Å². The van der Waals surface area contributed by atoms with E-state index in [1.165, 1.54) is 7.11 Å². The third-order valence-electron chi connectivity index (χ3n) is 2.08. The molecule has 0 spiro atoms. The number of hydrogen-bond donors (Lipinski definition) is 1. The maximum atomic E-state index is 12.4. The van der Waals surface area contributed by atoms with Gasteiger partial charge < -0.3 is 9.84 Å². The van der Waals surface area contributed by atoms with E-state index in [1.807, 2.05) is 0 Å². The van der Waals surface area contributed by atoms with Gasteiger partial charge in [0, 0.05) is 6.04 Å². The van der Waals surface area contributed by atoms with Crippen molar-refractivity contribution in [3.63, 3.8) is 0 Å². The lowest BCUT2D eigenvalue weighted by Gasteiger charge is -2.19. The summed E-state index contributed by atoms with van der Waals surface area (Å²) in [6, 6.07) is -0.295. The monoisotopic (exact) mass is 238 g/mol. The number of nitrogens with zero attached hydrogens (tertiary/aromatic N) is 2. The quantitative estimate of drug-likeness (QED) is 0.876. The van der Waals surface area contributed by atoms with Crippen molar-refractivity contribution < 1.29 is 23.0 Å². The fourth-order valence-electron chi connectivity index (χ4n) is 1.34. The van der Waals surface area contributed by atoms with E-state index in [1.54, 1.807) is 13.8 Å². The number of alkyl halides is 3. The summed E-state index contributed by atoms with van der Waals surface area (Å²) in [5.41, 5.74) is -0.370. The SMILES string of the molecule is COc1cnn(C(C)C)c1C(O)C(F)(F)F. The highest BCUT2D eigenvalue weighted by Gasteiger charge is 2.43. The summed E-state index contributed by atoms with van der Waals surface area (Å²) in [4.78, 5) is 0. The van der Waals surface area contributed by atoms with Crippen molar-refractivity contribution in [2.45, 2.75) is 32.2 Å². The molecular weight excluding hydrogens is 225 g/mol. The van der Waals surface area contributed by atoms with Crippen LogP contribution in [0.2, 0.25) is 0 Å². The Morgan fingerprint density at radius 2 is 2.00 bits per heavy atom. The Kier molecular flexibility index (Phi) is 3.47. The number of ether oxygens (including phenoxy) is 1. The molecule has 0 amide bonds. The van der Waals surface area contributed by atoms with Gasteiger partial charge in [0.25, 0.3) is 0 Å². The molecule has 92 valence electrons. The first-order chi connectivity index (χ1) is 7.29. The van der Waals surface area contributed by atoms with Crippen molar-refractivity contribution in [2.75, 3.05) is 7.11 Å². The summed E-state index contributed by atoms with van der Waals surface area (Å²) >= 11 is 0. The molecule has 0 radical (unpaired) electrons. The molecular formula is C9H13F3N2O2. The van der Waals surface area contributed by atoms with Gasteiger partial charge in [-0.2, -0.15) is 18.3 Å². The lowest BCUT2D eigenvalue weighted by Crippen LogP contribution is -2.24. The van der Waals surface area contributed by atoms with Crippen molar-refractivity contribution in [1.29, 1.82) is 0 Å². The van der Waals surface area contributed by atoms with E-state index in [-0.39, 0.29) is 17.5 Å². The Morgan fingerprint density at radius 3 is 2.38 bits per heavy atom. The zero-order chi connectivity index (χ0) is 12.5. The van der Waals surface area contributed by atoms with E-state index in [0.29, 0.717) is 0 Å². The number of aromatic nitrogens is 2. The number of aliphatic hydroxyl groups excluding tert-OH is 1. The van der Waals surface area contributed by atoms with Gasteiger partial charge in [-0.05, 0) is 13.8 Å². The Hall–Kier alpha value is -1.24. The molecule has 4 nitrogen and oxygen atoms in total. The van der Waals surface area contributed by atoms with Gasteiger partial charge in [-0.3, -0.25) is 4.68 Å². The highest BCUT2D eigenvalue weighted by molar-refractivity contribution is 5.28. The van der Waals surface area contributed by atoms with Crippen LogP contribution in [0.1, 0.15) is 31.7 Å². The molecule has 0 aliphatic carbocycles. The molecule has 7 heteroatoms. The van der Waals surface area contributed by atoms with Gasteiger partial charge in [0.15, 0.2) is 11.9 Å². The predicted molar refractivity (Wildman–Crippen MR) is 50.2 cm³/mol. The highest BCUT2D eigenvalue weighted by Crippen LogP contribution is 2.37. The minimum absolute atomic E-state index is 0.0708. The second kappa shape index (κ2) is 4.32. The van der Waals surface area contributed by atoms with Gasteiger partial charge in [-0.25, -0.2) is 0 Å². The van der Waals surface area contributed by atoms with E-state index >= 15 is 0 Å². The summed E-state index contributed by atoms with van der Waals surface area (Å²) in [5, 5.41) is 13.0. The third kappa shape index (κ3) is 2.29. The fraction of sp³-hybridized carbons (Fsp3) is 0.667. The first-order valence-corrected chi connectivity index (χ1v) is 4.65. The molecule has 0 fully saturated rings. The van der Waals surface area contributed by atoms with Crippen LogP contribution in [0.25, 0.3) is 0 Å². The Morgan fingerprint density at radius 1 is 1.44 bits per heavy atom. The van der Waals surface area contributed by atoms with Crippen molar-refractivity contribution in [3.8, 4) is 5.75 Å². The molecule has 1 N–H and O–H groups in total. The molecule has 0 aliphatic heterocycles. The zero-order valence-corrected chi connectivity index (χ0v) is 9.12. The van der Waals surface area contributed by atoms with E-state index < -0.39 is 12.3 Å². The molecule has 0 saturated heterocycles. The van der Waals surface area contributed by atoms with Gasteiger partial charge in [0.2, 0.25) is 0 Å². The molecule has 0 aromatic carbocycles. The molecule has 0 aliphatic rings. The van der Waals surface area contributed by atoms with Gasteiger partial charge in [0.05, 0.1) is 13.3 Å². The molecule has 1 heterocycles. The molecule has 1 aromatic heterocycles. The molecule has 1 aromatic rings. The third-order valence-corrected chi connectivity index (χ3v) is 2.08. The van der Waals surface area contributed by atoms with Gasteiger partial charge in [-0.1, -0.05) is 0 Å². The Balaban J connectivity index is 3.23. The van der Waals surface area contributed by atoms with Crippen molar-refractivity contribution in [3.05, 3.63) is 11.9 Å². The summed E-state index contributed by atoms with van der Waals surface area (Å²) in [6.45, 7) is 3.33. The van der Waals surface area contributed by atoms with Gasteiger partial charge in [0.1, 0.15) is 5.69 Å². The smallest absolute Gasteiger partial charge is 0.420 e. The maximum Gasteiger partial charge on any atom is 0.420 e. The van der Waals surface area contributed by atoms with Gasteiger partial charge in [-0.15, -0.1) is 0 Å². The van der Waals surface area contributed by atoms with Crippen LogP contribution in [-0.2, 0) is 0 Å². The average Bonchev–Trinajstić information content (AvgIpc) is 2.57. The second-order valence-corrected chi connectivity index (χ2v) is 3.58. The van der Waals surface area contributed by atoms with Crippen LogP contribution >= 0.6 is 0 Å². The topological polar surface area (TPSA) is 47.3 Å². The molecule has 0 saturated carbocycles. The van der Waals surface area contributed by atoms with Crippen LogP contribution < -0.4 is 4.74 Å². The number of aliphatic hydroxyl groups is 1. The number of rotatable bonds is 3. The van der Waals surface area contributed by atoms with Crippen molar-refractivity contribution in [2.24, 2.45) is 0 Å². The summed E-state index contributed by atoms with van der Waals surface area (Å²) in [7, 11) is 1.23. The lowest BCUT2D eigenvalue weighted by atomic mass is 10.2. The van der Waals surface area contributed by atoms with Crippen LogP contribution in [0.3, 0.4) is 0 Å². The Bertz CT molecular complexity index is 360. The number of methoxy groups -OCH3 is 1. The molecule has 0 bridgehead atoms. The summed E-state index contributed by atoms with van der Waals surface area (Å²) in [5.74, 6) is -0.0708. The average molecular weight is 238 g/mol. The highest BCUT2D eigenvalue weighted by atomic mass is 19.4. The van der Waals surface area contributed by atoms with Crippen molar-refractivity contribution in [1.82, 2.24) is 9.78 Å². The minimum atomic E-state index is -4.74. The molecule has 1 unspecified atom stereocenters. The predicted octanol–water partition coefficient (Wildman–Crippen LogP) is 2.07. The largest absolute Gasteiger partial charge is 0.493 e. The van der Waals surface area contributed by atoms with E-state index in [0.717, 1.165) is 10.9 Å². The normalized spacial score (nSPS) is 14.2. The van der Waals surface area contributed by atoms with Crippen LogP contribution in [0, 0.1) is 0 Å². The fourth-order valence-corrected chi connectivity index (χ4v) is 1.34.